The normalized spacial score (nSPS) is 35.4. The second-order valence-corrected chi connectivity index (χ2v) is 7.59. The van der Waals surface area contributed by atoms with Crippen LogP contribution in [0.25, 0.3) is 0 Å². The minimum Gasteiger partial charge on any atom is -0.481 e. The number of carbonyl (C=O) groups excluding carboxylic acids is 1. The van der Waals surface area contributed by atoms with Crippen LogP contribution < -0.4 is 5.32 Å². The SMILES string of the molecule is CCC1CC(C(=O)O)C(C(=O)NC2CCCCC2(C)C)C1. The van der Waals surface area contributed by atoms with Crippen LogP contribution >= 0.6 is 0 Å². The van der Waals surface area contributed by atoms with Crippen molar-refractivity contribution in [1.82, 2.24) is 5.32 Å². The molecule has 1 amide bonds. The number of hydrogen-bond acceptors (Lipinski definition) is 2. The molecule has 4 heteroatoms. The van der Waals surface area contributed by atoms with E-state index in [1.807, 2.05) is 0 Å². The first-order chi connectivity index (χ1) is 9.85. The van der Waals surface area contributed by atoms with Crippen LogP contribution in [0.3, 0.4) is 0 Å². The van der Waals surface area contributed by atoms with Crippen LogP contribution in [-0.4, -0.2) is 23.0 Å². The molecular formula is C17H29NO3. The Morgan fingerprint density at radius 1 is 1.19 bits per heavy atom. The standard InChI is InChI=1S/C17H29NO3/c1-4-11-9-12(13(10-11)16(20)21)15(19)18-14-7-5-6-8-17(14,2)3/h11-14H,4-10H2,1-3H3,(H,18,19)(H,20,21). The molecule has 4 nitrogen and oxygen atoms in total. The molecule has 0 aromatic rings. The molecule has 2 aliphatic carbocycles. The third kappa shape index (κ3) is 3.58. The van der Waals surface area contributed by atoms with Gasteiger partial charge in [-0.2, -0.15) is 0 Å². The van der Waals surface area contributed by atoms with E-state index in [-0.39, 0.29) is 23.3 Å². The van der Waals surface area contributed by atoms with Gasteiger partial charge in [0.1, 0.15) is 0 Å². The van der Waals surface area contributed by atoms with Crippen molar-refractivity contribution in [3.63, 3.8) is 0 Å². The summed E-state index contributed by atoms with van der Waals surface area (Å²) in [4.78, 5) is 24.0. The molecule has 2 aliphatic rings. The lowest BCUT2D eigenvalue weighted by atomic mass is 9.73. The topological polar surface area (TPSA) is 66.4 Å². The smallest absolute Gasteiger partial charge is 0.307 e. The van der Waals surface area contributed by atoms with Crippen LogP contribution in [0.2, 0.25) is 0 Å². The summed E-state index contributed by atoms with van der Waals surface area (Å²) in [6, 6.07) is 0.189. The quantitative estimate of drug-likeness (QED) is 0.837. The number of rotatable bonds is 4. The summed E-state index contributed by atoms with van der Waals surface area (Å²) >= 11 is 0. The monoisotopic (exact) mass is 295 g/mol. The van der Waals surface area contributed by atoms with Crippen molar-refractivity contribution >= 4 is 11.9 Å². The molecular weight excluding hydrogens is 266 g/mol. The Bertz CT molecular complexity index is 405. The molecule has 21 heavy (non-hydrogen) atoms. The fourth-order valence-corrected chi connectivity index (χ4v) is 4.08. The van der Waals surface area contributed by atoms with Gasteiger partial charge in [-0.3, -0.25) is 9.59 Å². The average Bonchev–Trinajstić information content (AvgIpc) is 2.85. The highest BCUT2D eigenvalue weighted by molar-refractivity contribution is 5.85. The molecule has 2 fully saturated rings. The van der Waals surface area contributed by atoms with E-state index in [2.05, 4.69) is 26.1 Å². The van der Waals surface area contributed by atoms with Gasteiger partial charge in [0.05, 0.1) is 11.8 Å². The van der Waals surface area contributed by atoms with Gasteiger partial charge in [0.25, 0.3) is 0 Å². The van der Waals surface area contributed by atoms with Crippen LogP contribution in [0.15, 0.2) is 0 Å². The van der Waals surface area contributed by atoms with E-state index < -0.39 is 11.9 Å². The zero-order chi connectivity index (χ0) is 15.6. The molecule has 4 unspecified atom stereocenters. The number of amides is 1. The van der Waals surface area contributed by atoms with Gasteiger partial charge in [-0.1, -0.05) is 40.0 Å². The van der Waals surface area contributed by atoms with Crippen molar-refractivity contribution in [1.29, 1.82) is 0 Å². The lowest BCUT2D eigenvalue weighted by Gasteiger charge is -2.39. The van der Waals surface area contributed by atoms with Gasteiger partial charge < -0.3 is 10.4 Å². The van der Waals surface area contributed by atoms with Gasteiger partial charge in [0.2, 0.25) is 5.91 Å². The van der Waals surface area contributed by atoms with E-state index in [9.17, 15) is 14.7 Å². The maximum Gasteiger partial charge on any atom is 0.307 e. The predicted molar refractivity (Wildman–Crippen MR) is 81.8 cm³/mol. The molecule has 4 atom stereocenters. The van der Waals surface area contributed by atoms with Crippen LogP contribution in [0.5, 0.6) is 0 Å². The zero-order valence-corrected chi connectivity index (χ0v) is 13.5. The Morgan fingerprint density at radius 2 is 1.86 bits per heavy atom. The van der Waals surface area contributed by atoms with Gasteiger partial charge in [0.15, 0.2) is 0 Å². The molecule has 0 saturated heterocycles. The fourth-order valence-electron chi connectivity index (χ4n) is 4.08. The van der Waals surface area contributed by atoms with Crippen LogP contribution in [0.4, 0.5) is 0 Å². The number of carboxylic acid groups (broad SMARTS) is 1. The summed E-state index contributed by atoms with van der Waals surface area (Å²) in [5, 5.41) is 12.6. The number of carboxylic acids is 1. The minimum atomic E-state index is -0.811. The van der Waals surface area contributed by atoms with E-state index in [4.69, 9.17) is 0 Å². The molecule has 0 aromatic heterocycles. The third-order valence-corrected chi connectivity index (χ3v) is 5.72. The van der Waals surface area contributed by atoms with E-state index in [0.29, 0.717) is 12.3 Å². The number of carbonyl (C=O) groups is 2. The first kappa shape index (κ1) is 16.3. The van der Waals surface area contributed by atoms with E-state index >= 15 is 0 Å². The van der Waals surface area contributed by atoms with Crippen molar-refractivity contribution in [3.05, 3.63) is 0 Å². The lowest BCUT2D eigenvalue weighted by Crippen LogP contribution is -2.49. The fraction of sp³-hybridized carbons (Fsp3) is 0.882. The van der Waals surface area contributed by atoms with Gasteiger partial charge in [-0.05, 0) is 37.0 Å². The summed E-state index contributed by atoms with van der Waals surface area (Å²) in [5.41, 5.74) is 0.120. The van der Waals surface area contributed by atoms with Crippen LogP contribution in [0, 0.1) is 23.2 Å². The van der Waals surface area contributed by atoms with Crippen LogP contribution in [-0.2, 0) is 9.59 Å². The molecule has 0 radical (unpaired) electrons. The summed E-state index contributed by atoms with van der Waals surface area (Å²) in [5.74, 6) is -1.31. The summed E-state index contributed by atoms with van der Waals surface area (Å²) in [6.45, 7) is 6.48. The van der Waals surface area contributed by atoms with Gasteiger partial charge in [-0.25, -0.2) is 0 Å². The second kappa shape index (κ2) is 6.37. The Labute approximate surface area is 127 Å². The highest BCUT2D eigenvalue weighted by Gasteiger charge is 2.43. The van der Waals surface area contributed by atoms with Crippen molar-refractivity contribution in [3.8, 4) is 0 Å². The van der Waals surface area contributed by atoms with Gasteiger partial charge >= 0.3 is 5.97 Å². The summed E-state index contributed by atoms with van der Waals surface area (Å²) < 4.78 is 0. The average molecular weight is 295 g/mol. The maximum absolute atomic E-state index is 12.6. The molecule has 120 valence electrons. The predicted octanol–water partition coefficient (Wildman–Crippen LogP) is 3.21. The molecule has 2 rings (SSSR count). The highest BCUT2D eigenvalue weighted by Crippen LogP contribution is 2.40. The van der Waals surface area contributed by atoms with E-state index in [1.165, 1.54) is 6.42 Å². The first-order valence-electron chi connectivity index (χ1n) is 8.38. The Hall–Kier alpha value is -1.06. The van der Waals surface area contributed by atoms with Gasteiger partial charge in [0, 0.05) is 6.04 Å². The molecule has 2 saturated carbocycles. The first-order valence-corrected chi connectivity index (χ1v) is 8.38. The molecule has 0 spiro atoms. The summed E-state index contributed by atoms with van der Waals surface area (Å²) in [6.07, 6.45) is 6.85. The van der Waals surface area contributed by atoms with Crippen molar-refractivity contribution < 1.29 is 14.7 Å². The second-order valence-electron chi connectivity index (χ2n) is 7.59. The summed E-state index contributed by atoms with van der Waals surface area (Å²) in [7, 11) is 0. The maximum atomic E-state index is 12.6. The van der Waals surface area contributed by atoms with Crippen LogP contribution in [0.1, 0.15) is 65.7 Å². The van der Waals surface area contributed by atoms with Crippen molar-refractivity contribution in [2.24, 2.45) is 23.2 Å². The Balaban J connectivity index is 2.03. The minimum absolute atomic E-state index is 0.0293. The van der Waals surface area contributed by atoms with Crippen molar-refractivity contribution in [2.75, 3.05) is 0 Å². The Morgan fingerprint density at radius 3 is 2.43 bits per heavy atom. The van der Waals surface area contributed by atoms with E-state index in [0.717, 1.165) is 32.1 Å². The van der Waals surface area contributed by atoms with E-state index in [1.54, 1.807) is 0 Å². The number of nitrogens with one attached hydrogen (secondary N) is 1. The number of aliphatic carboxylic acids is 1. The van der Waals surface area contributed by atoms with Crippen molar-refractivity contribution in [2.45, 2.75) is 71.8 Å². The molecule has 0 aromatic carbocycles. The molecule has 0 aliphatic heterocycles. The lowest BCUT2D eigenvalue weighted by molar-refractivity contribution is -0.146. The van der Waals surface area contributed by atoms with Gasteiger partial charge in [-0.15, -0.1) is 0 Å². The third-order valence-electron chi connectivity index (χ3n) is 5.72. The number of hydrogen-bond donors (Lipinski definition) is 2. The molecule has 0 bridgehead atoms. The molecule has 2 N–H and O–H groups in total. The Kier molecular flexibility index (Phi) is 4.95. The highest BCUT2D eigenvalue weighted by atomic mass is 16.4. The molecule has 0 heterocycles. The largest absolute Gasteiger partial charge is 0.481 e. The zero-order valence-electron chi connectivity index (χ0n) is 13.5.